The fourth-order valence-corrected chi connectivity index (χ4v) is 1.51. The lowest BCUT2D eigenvalue weighted by molar-refractivity contribution is 0.0689. The number of carboxylic acids is 1. The van der Waals surface area contributed by atoms with Gasteiger partial charge in [0.15, 0.2) is 5.69 Å². The highest BCUT2D eigenvalue weighted by Crippen LogP contribution is 2.19. The van der Waals surface area contributed by atoms with Gasteiger partial charge >= 0.3 is 5.97 Å². The third-order valence-corrected chi connectivity index (χ3v) is 2.39. The summed E-state index contributed by atoms with van der Waals surface area (Å²) in [5.74, 6) is -1.05. The van der Waals surface area contributed by atoms with Gasteiger partial charge in [0.1, 0.15) is 0 Å². The fraction of sp³-hybridized carbons (Fsp3) is 0.182. The molecule has 4 heteroatoms. The van der Waals surface area contributed by atoms with Crippen LogP contribution in [-0.4, -0.2) is 21.3 Å². The number of aromatic nitrogens is 2. The second-order valence-electron chi connectivity index (χ2n) is 3.50. The molecule has 0 atom stereocenters. The van der Waals surface area contributed by atoms with Gasteiger partial charge in [-0.15, -0.1) is 10.2 Å². The average Bonchev–Trinajstić information content (AvgIpc) is 2.23. The van der Waals surface area contributed by atoms with Crippen LogP contribution >= 0.6 is 0 Å². The first kappa shape index (κ1) is 9.58. The van der Waals surface area contributed by atoms with E-state index in [9.17, 15) is 4.79 Å². The number of carboxylic acid groups (broad SMARTS) is 1. The third-order valence-electron chi connectivity index (χ3n) is 2.39. The lowest BCUT2D eigenvalue weighted by atomic mass is 10.1. The molecule has 0 saturated carbocycles. The van der Waals surface area contributed by atoms with Gasteiger partial charge in [-0.3, -0.25) is 0 Å². The maximum Gasteiger partial charge on any atom is 0.356 e. The average molecular weight is 202 g/mol. The zero-order chi connectivity index (χ0) is 11.0. The van der Waals surface area contributed by atoms with Crippen LogP contribution in [0, 0.1) is 13.8 Å². The summed E-state index contributed by atoms with van der Waals surface area (Å²) in [5, 5.41) is 17.2. The smallest absolute Gasteiger partial charge is 0.356 e. The Labute approximate surface area is 86.6 Å². The van der Waals surface area contributed by atoms with Crippen LogP contribution in [0.3, 0.4) is 0 Å². The number of hydrogen-bond donors (Lipinski definition) is 1. The van der Waals surface area contributed by atoms with Crippen molar-refractivity contribution in [2.24, 2.45) is 0 Å². The zero-order valence-corrected chi connectivity index (χ0v) is 8.48. The molecular formula is C11H10N2O2. The van der Waals surface area contributed by atoms with Crippen molar-refractivity contribution in [3.63, 3.8) is 0 Å². The molecular weight excluding hydrogens is 192 g/mol. The summed E-state index contributed by atoms with van der Waals surface area (Å²) in [4.78, 5) is 10.7. The highest BCUT2D eigenvalue weighted by atomic mass is 16.4. The Hall–Kier alpha value is -1.97. The summed E-state index contributed by atoms with van der Waals surface area (Å²) >= 11 is 0. The minimum absolute atomic E-state index is 0.0174. The van der Waals surface area contributed by atoms with Gasteiger partial charge in [0.05, 0.1) is 5.52 Å². The van der Waals surface area contributed by atoms with Crippen molar-refractivity contribution in [3.05, 3.63) is 35.0 Å². The number of carbonyl (C=O) groups is 1. The Kier molecular flexibility index (Phi) is 2.11. The summed E-state index contributed by atoms with van der Waals surface area (Å²) in [5.41, 5.74) is 2.75. The predicted molar refractivity (Wildman–Crippen MR) is 56.0 cm³/mol. The molecule has 15 heavy (non-hydrogen) atoms. The van der Waals surface area contributed by atoms with E-state index in [1.54, 1.807) is 6.07 Å². The number of aromatic carboxylic acids is 1. The van der Waals surface area contributed by atoms with Gasteiger partial charge in [-0.05, 0) is 31.0 Å². The molecule has 0 aliphatic rings. The van der Waals surface area contributed by atoms with Gasteiger partial charge in [-0.2, -0.15) is 0 Å². The third kappa shape index (κ3) is 1.54. The lowest BCUT2D eigenvalue weighted by Crippen LogP contribution is -2.02. The number of hydrogen-bond acceptors (Lipinski definition) is 3. The highest BCUT2D eigenvalue weighted by Gasteiger charge is 2.09. The molecule has 1 heterocycles. The van der Waals surface area contributed by atoms with E-state index < -0.39 is 5.97 Å². The number of nitrogens with zero attached hydrogens (tertiary/aromatic N) is 2. The first-order valence-electron chi connectivity index (χ1n) is 4.56. The molecule has 0 bridgehead atoms. The quantitative estimate of drug-likeness (QED) is 0.767. The van der Waals surface area contributed by atoms with Crippen LogP contribution in [-0.2, 0) is 0 Å². The summed E-state index contributed by atoms with van der Waals surface area (Å²) in [7, 11) is 0. The number of aryl methyl sites for hydroxylation is 2. The largest absolute Gasteiger partial charge is 0.476 e. The van der Waals surface area contributed by atoms with E-state index in [4.69, 9.17) is 5.11 Å². The highest BCUT2D eigenvalue weighted by molar-refractivity contribution is 5.92. The predicted octanol–water partition coefficient (Wildman–Crippen LogP) is 1.94. The molecule has 0 radical (unpaired) electrons. The van der Waals surface area contributed by atoms with Crippen molar-refractivity contribution in [2.75, 3.05) is 0 Å². The van der Waals surface area contributed by atoms with Gasteiger partial charge in [-0.1, -0.05) is 12.1 Å². The molecule has 0 aliphatic heterocycles. The van der Waals surface area contributed by atoms with E-state index in [-0.39, 0.29) is 5.69 Å². The monoisotopic (exact) mass is 202 g/mol. The van der Waals surface area contributed by atoms with E-state index in [1.807, 2.05) is 26.0 Å². The van der Waals surface area contributed by atoms with Crippen molar-refractivity contribution in [3.8, 4) is 0 Å². The van der Waals surface area contributed by atoms with E-state index in [2.05, 4.69) is 10.2 Å². The van der Waals surface area contributed by atoms with Crippen LogP contribution in [0.25, 0.3) is 10.9 Å². The first-order chi connectivity index (χ1) is 7.09. The molecule has 0 spiro atoms. The molecule has 1 aromatic carbocycles. The SMILES string of the molecule is Cc1ccc(C)c2nnc(C(=O)O)cc12. The van der Waals surface area contributed by atoms with Gasteiger partial charge in [0.2, 0.25) is 0 Å². The topological polar surface area (TPSA) is 63.1 Å². The standard InChI is InChI=1S/C11H10N2O2/c1-6-3-4-7(2)10-8(6)5-9(11(14)15)12-13-10/h3-5H,1-2H3,(H,14,15). The Morgan fingerprint density at radius 3 is 2.53 bits per heavy atom. The molecule has 4 nitrogen and oxygen atoms in total. The normalized spacial score (nSPS) is 10.5. The van der Waals surface area contributed by atoms with Crippen molar-refractivity contribution in [1.29, 1.82) is 0 Å². The van der Waals surface area contributed by atoms with Gasteiger partial charge in [0.25, 0.3) is 0 Å². The molecule has 0 amide bonds. The Morgan fingerprint density at radius 2 is 1.87 bits per heavy atom. The minimum Gasteiger partial charge on any atom is -0.476 e. The summed E-state index contributed by atoms with van der Waals surface area (Å²) < 4.78 is 0. The fourth-order valence-electron chi connectivity index (χ4n) is 1.51. The van der Waals surface area contributed by atoms with E-state index in [0.717, 1.165) is 22.0 Å². The number of fused-ring (bicyclic) bond motifs is 1. The van der Waals surface area contributed by atoms with Gasteiger partial charge in [-0.25, -0.2) is 4.79 Å². The van der Waals surface area contributed by atoms with Crippen molar-refractivity contribution >= 4 is 16.9 Å². The first-order valence-corrected chi connectivity index (χ1v) is 4.56. The van der Waals surface area contributed by atoms with Crippen molar-refractivity contribution < 1.29 is 9.90 Å². The van der Waals surface area contributed by atoms with Crippen LogP contribution in [0.5, 0.6) is 0 Å². The van der Waals surface area contributed by atoms with Crippen LogP contribution in [0.2, 0.25) is 0 Å². The van der Waals surface area contributed by atoms with Crippen LogP contribution in [0.15, 0.2) is 18.2 Å². The van der Waals surface area contributed by atoms with Crippen molar-refractivity contribution in [2.45, 2.75) is 13.8 Å². The van der Waals surface area contributed by atoms with E-state index >= 15 is 0 Å². The summed E-state index contributed by atoms with van der Waals surface area (Å²) in [6, 6.07) is 5.46. The van der Waals surface area contributed by atoms with Gasteiger partial charge in [0, 0.05) is 5.39 Å². The Bertz CT molecular complexity index is 550. The molecule has 0 unspecified atom stereocenters. The number of rotatable bonds is 1. The Morgan fingerprint density at radius 1 is 1.20 bits per heavy atom. The molecule has 2 rings (SSSR count). The lowest BCUT2D eigenvalue weighted by Gasteiger charge is -2.04. The molecule has 2 aromatic rings. The van der Waals surface area contributed by atoms with Gasteiger partial charge < -0.3 is 5.11 Å². The van der Waals surface area contributed by atoms with Crippen LogP contribution in [0.1, 0.15) is 21.6 Å². The molecule has 0 saturated heterocycles. The van der Waals surface area contributed by atoms with Crippen LogP contribution < -0.4 is 0 Å². The second-order valence-corrected chi connectivity index (χ2v) is 3.50. The molecule has 1 N–H and O–H groups in total. The maximum absolute atomic E-state index is 10.7. The molecule has 0 aliphatic carbocycles. The maximum atomic E-state index is 10.7. The number of benzene rings is 1. The Balaban J connectivity index is 2.81. The molecule has 76 valence electrons. The molecule has 1 aromatic heterocycles. The summed E-state index contributed by atoms with van der Waals surface area (Å²) in [6.07, 6.45) is 0. The minimum atomic E-state index is -1.05. The van der Waals surface area contributed by atoms with E-state index in [0.29, 0.717) is 0 Å². The second kappa shape index (κ2) is 3.31. The molecule has 0 fully saturated rings. The van der Waals surface area contributed by atoms with Crippen LogP contribution in [0.4, 0.5) is 0 Å². The van der Waals surface area contributed by atoms with Crippen molar-refractivity contribution in [1.82, 2.24) is 10.2 Å². The van der Waals surface area contributed by atoms with E-state index in [1.165, 1.54) is 0 Å². The zero-order valence-electron chi connectivity index (χ0n) is 8.48. The summed E-state index contributed by atoms with van der Waals surface area (Å²) in [6.45, 7) is 3.85.